The summed E-state index contributed by atoms with van der Waals surface area (Å²) in [7, 11) is 1.59. The highest BCUT2D eigenvalue weighted by Gasteiger charge is 2.46. The Balaban J connectivity index is 1.10. The van der Waals surface area contributed by atoms with E-state index in [4.69, 9.17) is 26.1 Å². The van der Waals surface area contributed by atoms with Crippen LogP contribution < -0.4 is 20.1 Å². The summed E-state index contributed by atoms with van der Waals surface area (Å²) in [4.78, 5) is 43.0. The van der Waals surface area contributed by atoms with E-state index < -0.39 is 29.4 Å². The zero-order valence-corrected chi connectivity index (χ0v) is 29.0. The molecule has 1 fully saturated rings. The molecule has 1 aliphatic carbocycles. The summed E-state index contributed by atoms with van der Waals surface area (Å²) in [6.45, 7) is 1.32. The van der Waals surface area contributed by atoms with Crippen molar-refractivity contribution >= 4 is 35.1 Å². The molecular weight excluding hydrogens is 676 g/mol. The van der Waals surface area contributed by atoms with E-state index in [-0.39, 0.29) is 32.0 Å². The monoisotopic (exact) mass is 714 g/mol. The van der Waals surface area contributed by atoms with Crippen LogP contribution in [0.3, 0.4) is 0 Å². The summed E-state index contributed by atoms with van der Waals surface area (Å²) in [5, 5.41) is 35.3. The molecule has 2 amide bonds. The third kappa shape index (κ3) is 7.89. The van der Waals surface area contributed by atoms with Crippen molar-refractivity contribution in [1.29, 1.82) is 0 Å². The van der Waals surface area contributed by atoms with Crippen molar-refractivity contribution in [2.45, 2.75) is 57.2 Å². The van der Waals surface area contributed by atoms with E-state index in [0.29, 0.717) is 52.3 Å². The first-order valence-corrected chi connectivity index (χ1v) is 17.1. The van der Waals surface area contributed by atoms with E-state index in [2.05, 4.69) is 20.8 Å². The highest BCUT2D eigenvalue weighted by molar-refractivity contribution is 6.30. The lowest BCUT2D eigenvalue weighted by Crippen LogP contribution is -2.50. The lowest BCUT2D eigenvalue weighted by Gasteiger charge is -2.29. The summed E-state index contributed by atoms with van der Waals surface area (Å²) in [6, 6.07) is 19.0. The minimum atomic E-state index is -1.97. The van der Waals surface area contributed by atoms with Gasteiger partial charge in [0, 0.05) is 28.6 Å². The largest absolute Gasteiger partial charge is 0.497 e. The number of carbonyl (C=O) groups is 3. The minimum Gasteiger partial charge on any atom is -0.497 e. The molecule has 1 unspecified atom stereocenters. The van der Waals surface area contributed by atoms with Crippen LogP contribution in [0.4, 0.5) is 0 Å². The fourth-order valence-electron chi connectivity index (χ4n) is 6.56. The summed E-state index contributed by atoms with van der Waals surface area (Å²) in [6.07, 6.45) is 2.93. The van der Waals surface area contributed by atoms with Gasteiger partial charge in [-0.15, -0.1) is 10.2 Å². The van der Waals surface area contributed by atoms with Gasteiger partial charge in [0.25, 0.3) is 0 Å². The van der Waals surface area contributed by atoms with Crippen LogP contribution in [0.25, 0.3) is 5.69 Å². The average Bonchev–Trinajstić information content (AvgIpc) is 3.79. The average molecular weight is 715 g/mol. The molecule has 6 rings (SSSR count). The highest BCUT2D eigenvalue weighted by Crippen LogP contribution is 2.36. The Labute approximate surface area is 299 Å². The van der Waals surface area contributed by atoms with Gasteiger partial charge in [0.05, 0.1) is 31.5 Å². The van der Waals surface area contributed by atoms with E-state index in [1.807, 2.05) is 41.8 Å². The van der Waals surface area contributed by atoms with Crippen LogP contribution in [-0.4, -0.2) is 74.3 Å². The molecule has 4 aromatic rings. The molecule has 266 valence electrons. The first kappa shape index (κ1) is 35.6. The molecule has 0 saturated heterocycles. The molecule has 2 atom stereocenters. The fourth-order valence-corrected chi connectivity index (χ4v) is 6.69. The number of fused-ring (bicyclic) bond motifs is 3. The van der Waals surface area contributed by atoms with Crippen LogP contribution >= 0.6 is 11.6 Å². The van der Waals surface area contributed by atoms with Gasteiger partial charge < -0.3 is 30.3 Å². The zero-order valence-electron chi connectivity index (χ0n) is 28.3. The molecule has 2 heterocycles. The summed E-state index contributed by atoms with van der Waals surface area (Å²) < 4.78 is 13.1. The van der Waals surface area contributed by atoms with E-state index in [0.717, 1.165) is 29.7 Å². The molecule has 3 aromatic carbocycles. The van der Waals surface area contributed by atoms with Crippen molar-refractivity contribution < 1.29 is 34.1 Å². The molecular formula is C37H39ClN6O7. The Morgan fingerprint density at radius 1 is 0.980 bits per heavy atom. The maximum absolute atomic E-state index is 13.3. The summed E-state index contributed by atoms with van der Waals surface area (Å²) >= 11 is 6.19. The number of aliphatic hydroxyl groups is 1. The van der Waals surface area contributed by atoms with Gasteiger partial charge in [-0.05, 0) is 67.8 Å². The number of carboxylic acids is 1. The number of aryl methyl sites for hydroxylation is 1. The van der Waals surface area contributed by atoms with Crippen molar-refractivity contribution in [2.75, 3.05) is 20.3 Å². The number of aromatic nitrogens is 3. The highest BCUT2D eigenvalue weighted by atomic mass is 35.5. The maximum atomic E-state index is 13.3. The maximum Gasteiger partial charge on any atom is 0.339 e. The van der Waals surface area contributed by atoms with Gasteiger partial charge in [0.15, 0.2) is 11.4 Å². The van der Waals surface area contributed by atoms with E-state index in [1.54, 1.807) is 43.5 Å². The van der Waals surface area contributed by atoms with Crippen LogP contribution in [-0.2, 0) is 20.9 Å². The molecule has 14 heteroatoms. The Bertz CT molecular complexity index is 1960. The molecule has 51 heavy (non-hydrogen) atoms. The number of carboxylic acid groups (broad SMARTS) is 1. The first-order valence-electron chi connectivity index (χ1n) is 16.7. The molecule has 13 nitrogen and oxygen atoms in total. The topological polar surface area (TPSA) is 177 Å². The SMILES string of the molecule is COc1ccc2c(c1)C(c1ccc(Cl)cc1)=N[C@@H](CC(=O)NCC(=O)NCc1cccc(OCC(O)(C(=O)O)C3CCCC3)c1)c1nnc(C)n1-2. The second-order valence-electron chi connectivity index (χ2n) is 12.7. The van der Waals surface area contributed by atoms with Crippen LogP contribution in [0, 0.1) is 12.8 Å². The third-order valence-electron chi connectivity index (χ3n) is 9.32. The molecule has 1 saturated carbocycles. The van der Waals surface area contributed by atoms with Crippen molar-refractivity contribution in [2.24, 2.45) is 10.9 Å². The quantitative estimate of drug-likeness (QED) is 0.157. The molecule has 0 radical (unpaired) electrons. The minimum absolute atomic E-state index is 0.101. The van der Waals surface area contributed by atoms with Crippen LogP contribution in [0.1, 0.15) is 66.5 Å². The summed E-state index contributed by atoms with van der Waals surface area (Å²) in [5.41, 5.74) is 1.69. The molecule has 0 bridgehead atoms. The van der Waals surface area contributed by atoms with Gasteiger partial charge in [-0.2, -0.15) is 0 Å². The lowest BCUT2D eigenvalue weighted by atomic mass is 9.87. The predicted molar refractivity (Wildman–Crippen MR) is 188 cm³/mol. The standard InChI is InChI=1S/C37H39ClN6O7/c1-22-42-43-35-30(41-34(24-10-12-26(38)13-11-24)29-17-27(50-2)14-15-31(29)44(22)35)18-32(45)40-20-33(46)39-19-23-6-5-9-28(16-23)51-21-37(49,36(47)48)25-7-3-4-8-25/h5-6,9-17,25,30,49H,3-4,7-8,18-21H2,1-2H3,(H,39,46)(H,40,45)(H,47,48)/t30-,37?/m0/s1. The second-order valence-corrected chi connectivity index (χ2v) is 13.2. The van der Waals surface area contributed by atoms with Gasteiger partial charge in [0.1, 0.15) is 30.0 Å². The number of ether oxygens (including phenoxy) is 2. The Morgan fingerprint density at radius 3 is 2.47 bits per heavy atom. The number of hydrogen-bond donors (Lipinski definition) is 4. The Morgan fingerprint density at radius 2 is 1.75 bits per heavy atom. The predicted octanol–water partition coefficient (Wildman–Crippen LogP) is 4.34. The second kappa shape index (κ2) is 15.3. The van der Waals surface area contributed by atoms with Crippen molar-refractivity contribution in [1.82, 2.24) is 25.4 Å². The van der Waals surface area contributed by atoms with Crippen LogP contribution in [0.5, 0.6) is 11.5 Å². The van der Waals surface area contributed by atoms with Gasteiger partial charge in [0.2, 0.25) is 11.8 Å². The van der Waals surface area contributed by atoms with Crippen molar-refractivity contribution in [3.8, 4) is 17.2 Å². The number of aliphatic carboxylic acids is 1. The van der Waals surface area contributed by atoms with Crippen molar-refractivity contribution in [3.05, 3.63) is 100 Å². The number of benzene rings is 3. The van der Waals surface area contributed by atoms with Crippen LogP contribution in [0.2, 0.25) is 5.02 Å². The van der Waals surface area contributed by atoms with Gasteiger partial charge in [-0.25, -0.2) is 4.79 Å². The smallest absolute Gasteiger partial charge is 0.339 e. The van der Waals surface area contributed by atoms with Gasteiger partial charge in [-0.3, -0.25) is 19.1 Å². The number of nitrogens with zero attached hydrogens (tertiary/aromatic N) is 4. The molecule has 0 spiro atoms. The summed E-state index contributed by atoms with van der Waals surface area (Å²) in [5.74, 6) is -0.378. The number of aliphatic imine (C=N–C) groups is 1. The van der Waals surface area contributed by atoms with E-state index >= 15 is 0 Å². The number of hydrogen-bond acceptors (Lipinski definition) is 9. The number of rotatable bonds is 13. The fraction of sp³-hybridized carbons (Fsp3) is 0.351. The Hall–Kier alpha value is -5.27. The van der Waals surface area contributed by atoms with Crippen molar-refractivity contribution in [3.63, 3.8) is 0 Å². The third-order valence-corrected chi connectivity index (χ3v) is 9.58. The number of amides is 2. The molecule has 4 N–H and O–H groups in total. The lowest BCUT2D eigenvalue weighted by molar-refractivity contribution is -0.169. The zero-order chi connectivity index (χ0) is 36.1. The van der Waals surface area contributed by atoms with E-state index in [1.165, 1.54) is 0 Å². The van der Waals surface area contributed by atoms with Crippen LogP contribution in [0.15, 0.2) is 71.7 Å². The molecule has 1 aliphatic heterocycles. The van der Waals surface area contributed by atoms with Gasteiger partial charge >= 0.3 is 5.97 Å². The number of carbonyl (C=O) groups excluding carboxylic acids is 2. The number of nitrogens with one attached hydrogen (secondary N) is 2. The molecule has 1 aromatic heterocycles. The molecule has 2 aliphatic rings. The first-order chi connectivity index (χ1) is 24.5. The van der Waals surface area contributed by atoms with E-state index in [9.17, 15) is 24.6 Å². The number of halogens is 1. The number of methoxy groups -OCH3 is 1. The Kier molecular flexibility index (Phi) is 10.7. The normalized spacial score (nSPS) is 16.5. The van der Waals surface area contributed by atoms with Gasteiger partial charge in [-0.1, -0.05) is 48.7 Å².